The molecule has 0 saturated carbocycles. The molecule has 0 aliphatic heterocycles. The molecular formula is C12H16N2O6S. The van der Waals surface area contributed by atoms with Crippen molar-refractivity contribution in [3.8, 4) is 0 Å². The number of nitrogens with zero attached hydrogens (tertiary/aromatic N) is 1. The zero-order chi connectivity index (χ0) is 15.9. The summed E-state index contributed by atoms with van der Waals surface area (Å²) in [6.45, 7) is 0. The van der Waals surface area contributed by atoms with Crippen molar-refractivity contribution in [3.05, 3.63) is 30.1 Å². The molecule has 1 unspecified atom stereocenters. The standard InChI is InChI=1S/C12H16N2O6S/c15-11(16)2-1-10(12(17)18)14-21(19,20)8-5-9-3-6-13-7-4-9/h3-4,6-7,10,14H,1-2,5,8H2,(H,15,16)(H,17,18). The van der Waals surface area contributed by atoms with E-state index >= 15 is 0 Å². The summed E-state index contributed by atoms with van der Waals surface area (Å²) >= 11 is 0. The van der Waals surface area contributed by atoms with E-state index in [1.807, 2.05) is 4.72 Å². The van der Waals surface area contributed by atoms with Crippen molar-refractivity contribution in [2.24, 2.45) is 0 Å². The molecular weight excluding hydrogens is 300 g/mol. The van der Waals surface area contributed by atoms with Gasteiger partial charge in [-0.2, -0.15) is 0 Å². The van der Waals surface area contributed by atoms with Gasteiger partial charge in [-0.05, 0) is 30.5 Å². The molecule has 3 N–H and O–H groups in total. The molecule has 0 aromatic carbocycles. The zero-order valence-corrected chi connectivity index (χ0v) is 11.9. The van der Waals surface area contributed by atoms with Crippen LogP contribution in [0.1, 0.15) is 18.4 Å². The maximum atomic E-state index is 11.8. The minimum absolute atomic E-state index is 0.211. The number of aryl methyl sites for hydroxylation is 1. The van der Waals surface area contributed by atoms with Gasteiger partial charge in [0.2, 0.25) is 10.0 Å². The smallest absolute Gasteiger partial charge is 0.321 e. The lowest BCUT2D eigenvalue weighted by Crippen LogP contribution is -2.42. The number of carboxylic acid groups (broad SMARTS) is 2. The average molecular weight is 316 g/mol. The third-order valence-corrected chi connectivity index (χ3v) is 4.06. The zero-order valence-electron chi connectivity index (χ0n) is 11.1. The van der Waals surface area contributed by atoms with Gasteiger partial charge in [-0.1, -0.05) is 0 Å². The lowest BCUT2D eigenvalue weighted by Gasteiger charge is -2.13. The highest BCUT2D eigenvalue weighted by molar-refractivity contribution is 7.89. The van der Waals surface area contributed by atoms with Crippen LogP contribution in [0.2, 0.25) is 0 Å². The molecule has 0 aliphatic rings. The van der Waals surface area contributed by atoms with Gasteiger partial charge in [-0.25, -0.2) is 13.1 Å². The Kier molecular flexibility index (Phi) is 6.25. The summed E-state index contributed by atoms with van der Waals surface area (Å²) in [5.74, 6) is -2.87. The first-order chi connectivity index (χ1) is 9.80. The van der Waals surface area contributed by atoms with Crippen LogP contribution in [0.3, 0.4) is 0 Å². The van der Waals surface area contributed by atoms with E-state index in [1.165, 1.54) is 12.4 Å². The number of pyridine rings is 1. The number of hydrogen-bond donors (Lipinski definition) is 3. The molecule has 1 rings (SSSR count). The fourth-order valence-electron chi connectivity index (χ4n) is 1.58. The van der Waals surface area contributed by atoms with Crippen LogP contribution >= 0.6 is 0 Å². The molecule has 8 nitrogen and oxygen atoms in total. The number of carbonyl (C=O) groups is 2. The van der Waals surface area contributed by atoms with E-state index in [2.05, 4.69) is 4.98 Å². The Morgan fingerprint density at radius 2 is 1.86 bits per heavy atom. The normalized spacial score (nSPS) is 12.8. The summed E-state index contributed by atoms with van der Waals surface area (Å²) in [6, 6.07) is 1.88. The van der Waals surface area contributed by atoms with Gasteiger partial charge in [-0.15, -0.1) is 0 Å². The van der Waals surface area contributed by atoms with Gasteiger partial charge in [0.25, 0.3) is 0 Å². The third-order valence-electron chi connectivity index (χ3n) is 2.68. The Hall–Kier alpha value is -2.00. The first-order valence-electron chi connectivity index (χ1n) is 6.13. The lowest BCUT2D eigenvalue weighted by molar-refractivity contribution is -0.140. The lowest BCUT2D eigenvalue weighted by atomic mass is 10.2. The molecule has 0 amide bonds. The summed E-state index contributed by atoms with van der Waals surface area (Å²) in [5, 5.41) is 17.4. The fraction of sp³-hybridized carbons (Fsp3) is 0.417. The quantitative estimate of drug-likeness (QED) is 0.577. The van der Waals surface area contributed by atoms with Crippen LogP contribution in [0.4, 0.5) is 0 Å². The third kappa shape index (κ3) is 6.82. The van der Waals surface area contributed by atoms with E-state index < -0.39 is 34.4 Å². The molecule has 0 aliphatic carbocycles. The van der Waals surface area contributed by atoms with Crippen LogP contribution in [0.5, 0.6) is 0 Å². The molecule has 1 atom stereocenters. The average Bonchev–Trinajstić information content (AvgIpc) is 2.42. The molecule has 116 valence electrons. The molecule has 1 aromatic rings. The Balaban J connectivity index is 2.59. The van der Waals surface area contributed by atoms with E-state index in [0.717, 1.165) is 5.56 Å². The topological polar surface area (TPSA) is 134 Å². The van der Waals surface area contributed by atoms with Crippen LogP contribution < -0.4 is 4.72 Å². The van der Waals surface area contributed by atoms with E-state index in [1.54, 1.807) is 12.1 Å². The number of carboxylic acids is 2. The van der Waals surface area contributed by atoms with Crippen molar-refractivity contribution in [1.29, 1.82) is 0 Å². The summed E-state index contributed by atoms with van der Waals surface area (Å²) in [7, 11) is -3.82. The predicted octanol–water partition coefficient (Wildman–Crippen LogP) is -0.139. The minimum atomic E-state index is -3.82. The molecule has 0 spiro atoms. The van der Waals surface area contributed by atoms with Crippen LogP contribution in [0.15, 0.2) is 24.5 Å². The summed E-state index contributed by atoms with van der Waals surface area (Å²) < 4.78 is 25.7. The highest BCUT2D eigenvalue weighted by Gasteiger charge is 2.24. The van der Waals surface area contributed by atoms with Gasteiger partial charge in [0, 0.05) is 18.8 Å². The Labute approximate surface area is 121 Å². The van der Waals surface area contributed by atoms with Crippen molar-refractivity contribution < 1.29 is 28.2 Å². The van der Waals surface area contributed by atoms with Crippen LogP contribution in [0.25, 0.3) is 0 Å². The second kappa shape index (κ2) is 7.70. The Bertz CT molecular complexity index is 587. The molecule has 0 saturated heterocycles. The monoisotopic (exact) mass is 316 g/mol. The highest BCUT2D eigenvalue weighted by atomic mass is 32.2. The van der Waals surface area contributed by atoms with Gasteiger partial charge >= 0.3 is 11.9 Å². The number of aromatic nitrogens is 1. The number of nitrogens with one attached hydrogen (secondary N) is 1. The van der Waals surface area contributed by atoms with Crippen molar-refractivity contribution in [1.82, 2.24) is 9.71 Å². The maximum Gasteiger partial charge on any atom is 0.321 e. The van der Waals surface area contributed by atoms with Crippen LogP contribution in [0, 0.1) is 0 Å². The first-order valence-corrected chi connectivity index (χ1v) is 7.79. The molecule has 21 heavy (non-hydrogen) atoms. The Morgan fingerprint density at radius 3 is 2.38 bits per heavy atom. The summed E-state index contributed by atoms with van der Waals surface area (Å²) in [5.41, 5.74) is 0.757. The van der Waals surface area contributed by atoms with Crippen molar-refractivity contribution >= 4 is 22.0 Å². The summed E-state index contributed by atoms with van der Waals surface area (Å²) in [6.07, 6.45) is 2.54. The number of rotatable bonds is 9. The Morgan fingerprint density at radius 1 is 1.24 bits per heavy atom. The number of sulfonamides is 1. The predicted molar refractivity (Wildman–Crippen MR) is 73.2 cm³/mol. The maximum absolute atomic E-state index is 11.8. The van der Waals surface area contributed by atoms with Crippen molar-refractivity contribution in [2.75, 3.05) is 5.75 Å². The highest BCUT2D eigenvalue weighted by Crippen LogP contribution is 2.04. The number of hydrogen-bond acceptors (Lipinski definition) is 5. The minimum Gasteiger partial charge on any atom is -0.481 e. The van der Waals surface area contributed by atoms with Gasteiger partial charge in [0.05, 0.1) is 5.75 Å². The van der Waals surface area contributed by atoms with E-state index in [-0.39, 0.29) is 18.6 Å². The molecule has 0 bridgehead atoms. The molecule has 0 fully saturated rings. The summed E-state index contributed by atoms with van der Waals surface area (Å²) in [4.78, 5) is 25.2. The first kappa shape index (κ1) is 17.1. The van der Waals surface area contributed by atoms with Crippen LogP contribution in [-0.2, 0) is 26.0 Å². The van der Waals surface area contributed by atoms with Crippen molar-refractivity contribution in [3.63, 3.8) is 0 Å². The molecule has 1 heterocycles. The fourth-order valence-corrected chi connectivity index (χ4v) is 2.85. The van der Waals surface area contributed by atoms with Crippen molar-refractivity contribution in [2.45, 2.75) is 25.3 Å². The van der Waals surface area contributed by atoms with E-state index in [0.29, 0.717) is 0 Å². The second-order valence-electron chi connectivity index (χ2n) is 4.37. The van der Waals surface area contributed by atoms with Gasteiger partial charge in [0.1, 0.15) is 6.04 Å². The largest absolute Gasteiger partial charge is 0.481 e. The molecule has 0 radical (unpaired) electrons. The molecule has 9 heteroatoms. The van der Waals surface area contributed by atoms with Gasteiger partial charge < -0.3 is 10.2 Å². The SMILES string of the molecule is O=C(O)CCC(NS(=O)(=O)CCc1ccncc1)C(=O)O. The molecule has 1 aromatic heterocycles. The van der Waals surface area contributed by atoms with E-state index in [9.17, 15) is 18.0 Å². The second-order valence-corrected chi connectivity index (χ2v) is 6.24. The van der Waals surface area contributed by atoms with Crippen LogP contribution in [-0.4, -0.2) is 47.3 Å². The number of aliphatic carboxylic acids is 2. The van der Waals surface area contributed by atoms with E-state index in [4.69, 9.17) is 10.2 Å². The van der Waals surface area contributed by atoms with Gasteiger partial charge in [-0.3, -0.25) is 14.6 Å². The van der Waals surface area contributed by atoms with Gasteiger partial charge in [0.15, 0.2) is 0 Å².